The number of piperidine rings is 1. The molecule has 0 aliphatic carbocycles. The number of nitrogens with zero attached hydrogens (tertiary/aromatic N) is 4. The van der Waals surface area contributed by atoms with Gasteiger partial charge in [-0.15, -0.1) is 12.4 Å². The van der Waals surface area contributed by atoms with Gasteiger partial charge in [0.05, 0.1) is 6.04 Å². The van der Waals surface area contributed by atoms with Crippen LogP contribution in [0.5, 0.6) is 0 Å². The molecule has 0 bridgehead atoms. The van der Waals surface area contributed by atoms with Gasteiger partial charge in [0.1, 0.15) is 11.7 Å². The Morgan fingerprint density at radius 3 is 2.58 bits per heavy atom. The lowest BCUT2D eigenvalue weighted by atomic mass is 10.1. The van der Waals surface area contributed by atoms with E-state index in [2.05, 4.69) is 10.4 Å². The number of amides is 1. The van der Waals surface area contributed by atoms with Gasteiger partial charge >= 0.3 is 6.18 Å². The van der Waals surface area contributed by atoms with E-state index in [0.29, 0.717) is 5.69 Å². The SMILES string of the molecule is CC(N1CCN(C(=O)c2ccn(C3CCCNC3)n2)CC1)C(F)(F)F.Cl. The average molecular weight is 396 g/mol. The van der Waals surface area contributed by atoms with E-state index in [4.69, 9.17) is 0 Å². The highest BCUT2D eigenvalue weighted by Crippen LogP contribution is 2.25. The largest absolute Gasteiger partial charge is 0.403 e. The molecule has 2 saturated heterocycles. The van der Waals surface area contributed by atoms with Gasteiger partial charge in [0, 0.05) is 38.9 Å². The highest BCUT2D eigenvalue weighted by atomic mass is 35.5. The van der Waals surface area contributed by atoms with Crippen LogP contribution < -0.4 is 5.32 Å². The first-order chi connectivity index (χ1) is 11.9. The number of carbonyl (C=O) groups is 1. The Morgan fingerprint density at radius 1 is 1.31 bits per heavy atom. The number of aromatic nitrogens is 2. The number of hydrogen-bond acceptors (Lipinski definition) is 4. The zero-order chi connectivity index (χ0) is 18.0. The molecule has 0 saturated carbocycles. The first-order valence-electron chi connectivity index (χ1n) is 8.72. The van der Waals surface area contributed by atoms with E-state index < -0.39 is 12.2 Å². The standard InChI is InChI=1S/C16H24F3N5O.ClH/c1-12(16(17,18)19)22-7-9-23(10-8-22)15(25)14-4-6-24(21-14)13-3-2-5-20-11-13;/h4,6,12-13,20H,2-3,5,7-11H2,1H3;1H. The number of piperazine rings is 1. The summed E-state index contributed by atoms with van der Waals surface area (Å²) < 4.78 is 40.2. The monoisotopic (exact) mass is 395 g/mol. The van der Waals surface area contributed by atoms with Crippen molar-refractivity contribution in [1.82, 2.24) is 24.9 Å². The lowest BCUT2D eigenvalue weighted by Crippen LogP contribution is -2.54. The van der Waals surface area contributed by atoms with Crippen molar-refractivity contribution in [1.29, 1.82) is 0 Å². The summed E-state index contributed by atoms with van der Waals surface area (Å²) in [4.78, 5) is 15.5. The van der Waals surface area contributed by atoms with E-state index in [9.17, 15) is 18.0 Å². The number of alkyl halides is 3. The smallest absolute Gasteiger partial charge is 0.335 e. The van der Waals surface area contributed by atoms with Crippen LogP contribution in [0.3, 0.4) is 0 Å². The average Bonchev–Trinajstić information content (AvgIpc) is 3.11. The molecule has 0 aromatic carbocycles. The Bertz CT molecular complexity index is 595. The summed E-state index contributed by atoms with van der Waals surface area (Å²) in [5.74, 6) is -0.207. The third-order valence-corrected chi connectivity index (χ3v) is 5.10. The maximum Gasteiger partial charge on any atom is 0.403 e. The number of carbonyl (C=O) groups excluding carboxylic acids is 1. The molecule has 1 amide bonds. The fourth-order valence-corrected chi connectivity index (χ4v) is 3.40. The van der Waals surface area contributed by atoms with Gasteiger partial charge < -0.3 is 10.2 Å². The summed E-state index contributed by atoms with van der Waals surface area (Å²) in [7, 11) is 0. The third-order valence-electron chi connectivity index (χ3n) is 5.10. The highest BCUT2D eigenvalue weighted by molar-refractivity contribution is 5.92. The minimum atomic E-state index is -4.24. The molecule has 10 heteroatoms. The van der Waals surface area contributed by atoms with E-state index in [1.54, 1.807) is 11.0 Å². The molecule has 3 rings (SSSR count). The van der Waals surface area contributed by atoms with Crippen LogP contribution in [0.15, 0.2) is 12.3 Å². The summed E-state index contributed by atoms with van der Waals surface area (Å²) in [6.07, 6.45) is -0.324. The molecule has 1 aromatic heterocycles. The maximum absolute atomic E-state index is 12.8. The van der Waals surface area contributed by atoms with Gasteiger partial charge in [0.15, 0.2) is 0 Å². The molecule has 148 valence electrons. The summed E-state index contributed by atoms with van der Waals surface area (Å²) in [5.41, 5.74) is 0.364. The molecule has 0 spiro atoms. The van der Waals surface area contributed by atoms with Gasteiger partial charge in [-0.05, 0) is 32.4 Å². The van der Waals surface area contributed by atoms with Crippen molar-refractivity contribution < 1.29 is 18.0 Å². The number of hydrogen-bond donors (Lipinski definition) is 1. The lowest BCUT2D eigenvalue weighted by Gasteiger charge is -2.38. The zero-order valence-electron chi connectivity index (χ0n) is 14.7. The molecular weight excluding hydrogens is 371 g/mol. The molecule has 2 unspecified atom stereocenters. The highest BCUT2D eigenvalue weighted by Gasteiger charge is 2.41. The molecule has 2 fully saturated rings. The van der Waals surface area contributed by atoms with E-state index in [1.165, 1.54) is 4.90 Å². The van der Waals surface area contributed by atoms with Crippen LogP contribution in [0.4, 0.5) is 13.2 Å². The number of halogens is 4. The summed E-state index contributed by atoms with van der Waals surface area (Å²) in [6, 6.07) is 0.462. The van der Waals surface area contributed by atoms with E-state index in [1.807, 2.05) is 10.9 Å². The molecule has 2 aliphatic rings. The van der Waals surface area contributed by atoms with Gasteiger partial charge in [-0.2, -0.15) is 18.3 Å². The Kier molecular flexibility index (Phi) is 6.92. The molecule has 26 heavy (non-hydrogen) atoms. The molecule has 2 aliphatic heterocycles. The minimum Gasteiger partial charge on any atom is -0.335 e. The van der Waals surface area contributed by atoms with Crippen molar-refractivity contribution >= 4 is 18.3 Å². The third kappa shape index (κ3) is 4.69. The van der Waals surface area contributed by atoms with Crippen LogP contribution in [-0.2, 0) is 0 Å². The number of rotatable bonds is 3. The zero-order valence-corrected chi connectivity index (χ0v) is 15.5. The first kappa shape index (κ1) is 21.0. The summed E-state index contributed by atoms with van der Waals surface area (Å²) in [5, 5.41) is 7.70. The van der Waals surface area contributed by atoms with Crippen molar-refractivity contribution in [3.05, 3.63) is 18.0 Å². The second-order valence-corrected chi connectivity index (χ2v) is 6.73. The Labute approximate surface area is 157 Å². The molecule has 6 nitrogen and oxygen atoms in total. The normalized spacial score (nSPS) is 23.4. The predicted octanol–water partition coefficient (Wildman–Crippen LogP) is 1.94. The lowest BCUT2D eigenvalue weighted by molar-refractivity contribution is -0.181. The second-order valence-electron chi connectivity index (χ2n) is 6.73. The maximum atomic E-state index is 12.8. The van der Waals surface area contributed by atoms with Crippen molar-refractivity contribution in [2.24, 2.45) is 0 Å². The first-order valence-corrected chi connectivity index (χ1v) is 8.72. The quantitative estimate of drug-likeness (QED) is 0.849. The Hall–Kier alpha value is -1.32. The van der Waals surface area contributed by atoms with Gasteiger partial charge in [0.25, 0.3) is 5.91 Å². The van der Waals surface area contributed by atoms with Crippen molar-refractivity contribution in [2.45, 2.75) is 38.0 Å². The molecule has 1 aromatic rings. The minimum absolute atomic E-state index is 0. The second kappa shape index (κ2) is 8.58. The fourth-order valence-electron chi connectivity index (χ4n) is 3.40. The van der Waals surface area contributed by atoms with Crippen LogP contribution in [0.25, 0.3) is 0 Å². The van der Waals surface area contributed by atoms with Crippen LogP contribution in [0.2, 0.25) is 0 Å². The van der Waals surface area contributed by atoms with Gasteiger partial charge in [-0.1, -0.05) is 0 Å². The van der Waals surface area contributed by atoms with Gasteiger partial charge in [-0.25, -0.2) is 0 Å². The molecule has 2 atom stereocenters. The van der Waals surface area contributed by atoms with E-state index >= 15 is 0 Å². The van der Waals surface area contributed by atoms with Crippen molar-refractivity contribution in [2.75, 3.05) is 39.3 Å². The Balaban J connectivity index is 0.00000243. The molecule has 3 heterocycles. The predicted molar refractivity (Wildman–Crippen MR) is 93.6 cm³/mol. The molecular formula is C16H25ClF3N5O. The van der Waals surface area contributed by atoms with Gasteiger partial charge in [0.2, 0.25) is 0 Å². The van der Waals surface area contributed by atoms with Crippen molar-refractivity contribution in [3.63, 3.8) is 0 Å². The summed E-state index contributed by atoms with van der Waals surface area (Å²) >= 11 is 0. The fraction of sp³-hybridized carbons (Fsp3) is 0.750. The van der Waals surface area contributed by atoms with Gasteiger partial charge in [-0.3, -0.25) is 14.4 Å². The van der Waals surface area contributed by atoms with E-state index in [0.717, 1.165) is 32.9 Å². The van der Waals surface area contributed by atoms with Crippen LogP contribution in [0.1, 0.15) is 36.3 Å². The Morgan fingerprint density at radius 2 is 2.00 bits per heavy atom. The van der Waals surface area contributed by atoms with Crippen LogP contribution in [0, 0.1) is 0 Å². The topological polar surface area (TPSA) is 53.4 Å². The van der Waals surface area contributed by atoms with Crippen molar-refractivity contribution in [3.8, 4) is 0 Å². The van der Waals surface area contributed by atoms with Crippen LogP contribution >= 0.6 is 12.4 Å². The van der Waals surface area contributed by atoms with E-state index in [-0.39, 0.29) is 50.5 Å². The number of nitrogens with one attached hydrogen (secondary N) is 1. The summed E-state index contributed by atoms with van der Waals surface area (Å²) in [6.45, 7) is 4.03. The van der Waals surface area contributed by atoms with Crippen LogP contribution in [-0.4, -0.2) is 77.0 Å². The molecule has 0 radical (unpaired) electrons. The molecule has 1 N–H and O–H groups in total.